The minimum atomic E-state index is -4.20. The summed E-state index contributed by atoms with van der Waals surface area (Å²) in [4.78, 5) is 64.8. The molecule has 0 unspecified atom stereocenters. The lowest BCUT2D eigenvalue weighted by atomic mass is 9.76. The Balaban J connectivity index is 0.000000163. The number of halogens is 9. The zero-order valence-corrected chi connectivity index (χ0v) is 82.6. The fraction of sp³-hybridized carbons (Fsp3) is 0.534. The molecule has 1 atom stereocenters. The maximum absolute atomic E-state index is 12.6. The van der Waals surface area contributed by atoms with Gasteiger partial charge in [-0.1, -0.05) is 99.1 Å². The van der Waals surface area contributed by atoms with E-state index in [0.717, 1.165) is 165 Å². The molecule has 0 saturated carbocycles. The Labute approximate surface area is 797 Å². The number of nitrogens with one attached hydrogen (secondary N) is 2. The molecule has 8 aromatic heterocycles. The first kappa shape index (κ1) is 104. The lowest BCUT2D eigenvalue weighted by Gasteiger charge is -2.32. The van der Waals surface area contributed by atoms with Gasteiger partial charge in [0.2, 0.25) is 0 Å². The summed E-state index contributed by atoms with van der Waals surface area (Å²) in [5, 5.41) is 24.9. The van der Waals surface area contributed by atoms with E-state index in [9.17, 15) is 27.6 Å². The number of aromatic nitrogens is 12. The summed E-state index contributed by atoms with van der Waals surface area (Å²) in [6.07, 6.45) is 7.92. The second-order valence-corrected chi connectivity index (χ2v) is 38.9. The molecule has 15 heterocycles. The molecule has 2 amide bonds. The molecule has 0 radical (unpaired) electrons. The summed E-state index contributed by atoms with van der Waals surface area (Å²) in [5.74, 6) is 2.86. The fourth-order valence-corrected chi connectivity index (χ4v) is 14.7. The van der Waals surface area contributed by atoms with Crippen LogP contribution >= 0.6 is 80.6 Å². The van der Waals surface area contributed by atoms with Crippen LogP contribution in [0, 0.1) is 12.8 Å². The smallest absolute Gasteiger partial charge is 0.442 e. The second-order valence-electron chi connectivity index (χ2n) is 35.2. The van der Waals surface area contributed by atoms with E-state index in [4.69, 9.17) is 110 Å². The van der Waals surface area contributed by atoms with Crippen LogP contribution in [0.25, 0.3) is 33.8 Å². The molecular weight excluding hydrogens is 1900 g/mol. The first-order valence-electron chi connectivity index (χ1n) is 43.0. The van der Waals surface area contributed by atoms with Crippen molar-refractivity contribution in [3.05, 3.63) is 147 Å². The van der Waals surface area contributed by atoms with Gasteiger partial charge in [0, 0.05) is 157 Å². The highest BCUT2D eigenvalue weighted by Gasteiger charge is 2.54. The topological polar surface area (TPSA) is 305 Å². The number of nitrogens with zero attached hydrogens (tertiary/aromatic N) is 16. The van der Waals surface area contributed by atoms with Gasteiger partial charge >= 0.3 is 38.6 Å². The number of hydrogen-bond donors (Lipinski definition) is 2. The molecule has 7 saturated heterocycles. The number of urea groups is 1. The van der Waals surface area contributed by atoms with Gasteiger partial charge in [0.05, 0.1) is 111 Å². The van der Waals surface area contributed by atoms with Crippen LogP contribution in [0.1, 0.15) is 129 Å². The van der Waals surface area contributed by atoms with Crippen molar-refractivity contribution in [3.8, 4) is 33.8 Å². The minimum absolute atomic E-state index is 0.112. The third kappa shape index (κ3) is 30.7. The molecule has 0 spiro atoms. The van der Waals surface area contributed by atoms with Crippen molar-refractivity contribution in [2.45, 2.75) is 177 Å². The molecule has 0 bridgehead atoms. The van der Waals surface area contributed by atoms with Crippen LogP contribution < -0.4 is 35.8 Å². The number of hydrogen-bond acceptors (Lipinski definition) is 25. The van der Waals surface area contributed by atoms with Crippen LogP contribution in [0.3, 0.4) is 0 Å². The van der Waals surface area contributed by atoms with Gasteiger partial charge in [-0.25, -0.2) is 34.3 Å². The first-order chi connectivity index (χ1) is 61.3. The van der Waals surface area contributed by atoms with E-state index >= 15 is 0 Å². The van der Waals surface area contributed by atoms with E-state index in [1.54, 1.807) is 55.2 Å². The molecule has 7 fully saturated rings. The predicted molar refractivity (Wildman–Crippen MR) is 512 cm³/mol. The van der Waals surface area contributed by atoms with Crippen LogP contribution in [-0.4, -0.2) is 259 Å². The molecule has 42 heteroatoms. The fourth-order valence-electron chi connectivity index (χ4n) is 13.6. The molecule has 9 aromatic rings. The monoisotopic (exact) mass is 2010 g/mol. The second kappa shape index (κ2) is 46.2. The number of benzene rings is 1. The van der Waals surface area contributed by atoms with Gasteiger partial charge in [-0.05, 0) is 194 Å². The Morgan fingerprint density at radius 1 is 0.523 bits per heavy atom. The normalized spacial score (nSPS) is 18.1. The maximum Gasteiger partial charge on any atom is 0.498 e. The Kier molecular flexibility index (Phi) is 36.9. The van der Waals surface area contributed by atoms with Gasteiger partial charge < -0.3 is 76.9 Å². The quantitative estimate of drug-likeness (QED) is 0.0497. The molecule has 7 aliphatic heterocycles. The average molecular weight is 2020 g/mol. The number of likely N-dealkylation sites (tertiary alicyclic amines) is 1. The molecule has 31 nitrogen and oxygen atoms in total. The highest BCUT2D eigenvalue weighted by molar-refractivity contribution is 14.1. The third-order valence-corrected chi connectivity index (χ3v) is 22.8. The third-order valence-electron chi connectivity index (χ3n) is 21.8. The van der Waals surface area contributed by atoms with Crippen LogP contribution in [0.4, 0.5) is 56.5 Å². The summed E-state index contributed by atoms with van der Waals surface area (Å²) < 4.78 is 99.1. The van der Waals surface area contributed by atoms with Gasteiger partial charge in [0.25, 0.3) is 0 Å². The van der Waals surface area contributed by atoms with Crippen molar-refractivity contribution in [1.29, 1.82) is 0 Å². The molecule has 16 rings (SSSR count). The first-order valence-corrected chi connectivity index (χ1v) is 46.4. The predicted octanol–water partition coefficient (Wildman–Crippen LogP) is 17.4. The summed E-state index contributed by atoms with van der Waals surface area (Å²) in [7, 11) is -1.09. The number of anilines is 5. The van der Waals surface area contributed by atoms with E-state index in [0.29, 0.717) is 73.8 Å². The Morgan fingerprint density at radius 3 is 1.33 bits per heavy atom. The molecule has 130 heavy (non-hydrogen) atoms. The Hall–Kier alpha value is -8.15. The van der Waals surface area contributed by atoms with Gasteiger partial charge in [-0.3, -0.25) is 9.78 Å². The van der Waals surface area contributed by atoms with Crippen molar-refractivity contribution in [1.82, 2.24) is 64.4 Å². The number of ether oxygens (including phenoxy) is 6. The average Bonchev–Trinajstić information content (AvgIpc) is 1.62. The van der Waals surface area contributed by atoms with Crippen LogP contribution in [0.15, 0.2) is 116 Å². The number of amides is 2. The molecule has 0 aliphatic carbocycles. The number of rotatable bonds is 12. The van der Waals surface area contributed by atoms with Crippen molar-refractivity contribution in [2.75, 3.05) is 148 Å². The molecule has 7 aliphatic rings. The number of carbonyl (C=O) groups excluding carboxylic acids is 3. The van der Waals surface area contributed by atoms with Crippen LogP contribution in [0.5, 0.6) is 0 Å². The Morgan fingerprint density at radius 2 is 0.923 bits per heavy atom. The number of aryl methyl sites for hydroxylation is 2. The summed E-state index contributed by atoms with van der Waals surface area (Å²) in [6.45, 7) is 46.3. The highest BCUT2D eigenvalue weighted by atomic mass is 127. The maximum atomic E-state index is 12.6. The van der Waals surface area contributed by atoms with Gasteiger partial charge in [0.15, 0.2) is 0 Å². The lowest BCUT2D eigenvalue weighted by Crippen LogP contribution is -2.41. The van der Waals surface area contributed by atoms with E-state index in [1.165, 1.54) is 9.33 Å². The summed E-state index contributed by atoms with van der Waals surface area (Å²) in [5.41, 5.74) is 5.05. The van der Waals surface area contributed by atoms with Crippen molar-refractivity contribution < 1.29 is 74.6 Å². The Bertz CT molecular complexity index is 5130. The number of H-pyrrole nitrogens is 1. The van der Waals surface area contributed by atoms with Crippen LogP contribution in [0.2, 0.25) is 25.2 Å². The number of aromatic amines is 1. The standard InChI is InChI=1S/C20H28BF3N2O3.C17H21ClN4O3.C14H23BN2O4.C14H17ClN4O.C12H13ClN4O.C9H10Cl2N2O.C2H5I/c1-13-6-7-15(10-16(13)21-28-18(2,3)19(4,5)29-21)25-17(27)26-9-8-14(12-26)11-20(22,23)24;1-17(2,3)25-16(23)22-11-12(10-19-22)14-8-13(18)9-15(20-14)21-4-6-24-7-5-21;1-12(2,3)19-11(18)17-9-10(8-16-17)15-20-13(4,5)14(6,7)21-15;1-2-19-10-11(9-16-19)13-7-12(15)8-14(17-13)18-3-5-20-6-4-18;13-10-5-11(9-7-14-15-8-9)16-12(6-10)17-1-3-18-4-2-17;10-7-5-8(11)12-9(6-7)13-1-3-14-4-2-13;1-2-3/h6-7,10,14H,8-9,11-12H2,1-5H3,(H,25,27);8-11H,4-7H2,1-3H3;8-9H,1-7H3;7-10H,2-6H2,1H3;5-8H,1-4H2,(H,14,15);5-6H,1-4H2;2H2,1H3/t14-;;;;;;/m0....../s1. The number of morpholine rings is 4. The van der Waals surface area contributed by atoms with Crippen LogP contribution in [-0.2, 0) is 53.6 Å². The molecule has 2 N–H and O–H groups in total. The summed E-state index contributed by atoms with van der Waals surface area (Å²) >= 11 is 32.6. The van der Waals surface area contributed by atoms with Crippen molar-refractivity contribution in [2.24, 2.45) is 5.92 Å². The van der Waals surface area contributed by atoms with E-state index < -0.39 is 84.6 Å². The van der Waals surface area contributed by atoms with Crippen molar-refractivity contribution >= 4 is 153 Å². The van der Waals surface area contributed by atoms with E-state index in [1.807, 2.05) is 170 Å². The lowest BCUT2D eigenvalue weighted by molar-refractivity contribution is -0.143. The van der Waals surface area contributed by atoms with Gasteiger partial charge in [0.1, 0.15) is 39.6 Å². The number of carbonyl (C=O) groups is 3. The van der Waals surface area contributed by atoms with Gasteiger partial charge in [-0.2, -0.15) is 42.9 Å². The number of alkyl halides is 4. The summed E-state index contributed by atoms with van der Waals surface area (Å²) in [6, 6.07) is 19.6. The van der Waals surface area contributed by atoms with Crippen molar-refractivity contribution in [3.63, 3.8) is 0 Å². The zero-order valence-electron chi connectivity index (χ0n) is 76.6. The minimum Gasteiger partial charge on any atom is -0.442 e. The molecular formula is C88H117B2Cl5F3IN18O13. The molecule has 706 valence electrons. The van der Waals surface area contributed by atoms with E-state index in [-0.39, 0.29) is 6.54 Å². The van der Waals surface area contributed by atoms with E-state index in [2.05, 4.69) is 102 Å². The SMILES string of the molecule is CC(C)(C)OC(=O)n1cc(-c2cc(Cl)cc(N3CCOCC3)n2)cn1.CC(C)(C)OC(=O)n1cc(B2OC(C)(C)C(C)(C)O2)cn1.CCI.CCn1cc(-c2cc(Cl)cc(N3CCOCC3)n2)cn1.Cc1ccc(NC(=O)N2CC[C@@H](CC(F)(F)F)C2)cc1B1OC(C)(C)C(C)(C)O1.Clc1cc(-c2cn[nH]c2)nc(N2CCOCC2)c1.Clc1cc(Cl)nc(N2CCOCC2)c1. The highest BCUT2D eigenvalue weighted by Crippen LogP contribution is 2.40. The molecule has 1 aromatic carbocycles. The zero-order chi connectivity index (χ0) is 94.7. The van der Waals surface area contributed by atoms with Gasteiger partial charge in [-0.15, -0.1) is 0 Å². The largest absolute Gasteiger partial charge is 0.498 e. The number of pyridine rings is 4.